The monoisotopic (exact) mass is 191 g/mol. The van der Waals surface area contributed by atoms with Gasteiger partial charge in [-0.25, -0.2) is 0 Å². The van der Waals surface area contributed by atoms with E-state index < -0.39 is 0 Å². The van der Waals surface area contributed by atoms with Crippen LogP contribution in [-0.2, 0) is 5.54 Å². The van der Waals surface area contributed by atoms with Crippen LogP contribution in [0, 0.1) is 0 Å². The fraction of sp³-hybridized carbons (Fsp3) is 0.500. The first-order valence-electron chi connectivity index (χ1n) is 5.27. The third-order valence-corrected chi connectivity index (χ3v) is 2.99. The molecule has 0 spiro atoms. The van der Waals surface area contributed by atoms with Crippen molar-refractivity contribution in [2.75, 3.05) is 6.61 Å². The number of ether oxygens (including phenoxy) is 1. The Morgan fingerprint density at radius 2 is 1.93 bits per heavy atom. The van der Waals surface area contributed by atoms with Gasteiger partial charge in [-0.1, -0.05) is 12.1 Å². The van der Waals surface area contributed by atoms with Gasteiger partial charge in [0, 0.05) is 5.54 Å². The molecule has 1 aromatic carbocycles. The molecule has 1 saturated carbocycles. The second-order valence-corrected chi connectivity index (χ2v) is 3.97. The fourth-order valence-corrected chi connectivity index (χ4v) is 1.90. The zero-order chi connectivity index (χ0) is 10.0. The van der Waals surface area contributed by atoms with Crippen LogP contribution in [0.25, 0.3) is 0 Å². The van der Waals surface area contributed by atoms with Gasteiger partial charge in [0.15, 0.2) is 0 Å². The van der Waals surface area contributed by atoms with Gasteiger partial charge in [0.2, 0.25) is 0 Å². The lowest BCUT2D eigenvalue weighted by atomic mass is 9.73. The zero-order valence-electron chi connectivity index (χ0n) is 8.62. The molecular formula is C12H17NO. The average molecular weight is 191 g/mol. The van der Waals surface area contributed by atoms with Crippen molar-refractivity contribution >= 4 is 0 Å². The SMILES string of the molecule is CCOc1ccc(C2(N)CCC2)cc1. The molecule has 2 rings (SSSR count). The molecule has 0 radical (unpaired) electrons. The van der Waals surface area contributed by atoms with Gasteiger partial charge >= 0.3 is 0 Å². The van der Waals surface area contributed by atoms with E-state index in [1.807, 2.05) is 19.1 Å². The average Bonchev–Trinajstić information content (AvgIpc) is 2.16. The van der Waals surface area contributed by atoms with Crippen LogP contribution in [0.4, 0.5) is 0 Å². The molecule has 1 aromatic rings. The highest BCUT2D eigenvalue weighted by Crippen LogP contribution is 2.38. The Kier molecular flexibility index (Phi) is 2.46. The molecule has 1 aliphatic carbocycles. The highest BCUT2D eigenvalue weighted by Gasteiger charge is 2.33. The van der Waals surface area contributed by atoms with Crippen LogP contribution in [0.15, 0.2) is 24.3 Å². The van der Waals surface area contributed by atoms with Gasteiger partial charge in [0.1, 0.15) is 5.75 Å². The second-order valence-electron chi connectivity index (χ2n) is 3.97. The largest absolute Gasteiger partial charge is 0.494 e. The summed E-state index contributed by atoms with van der Waals surface area (Å²) in [5.74, 6) is 0.930. The first-order valence-corrected chi connectivity index (χ1v) is 5.27. The first kappa shape index (κ1) is 9.53. The van der Waals surface area contributed by atoms with Crippen LogP contribution >= 0.6 is 0 Å². The maximum absolute atomic E-state index is 6.21. The van der Waals surface area contributed by atoms with Crippen molar-refractivity contribution < 1.29 is 4.74 Å². The normalized spacial score (nSPS) is 18.7. The molecule has 1 aliphatic rings. The number of nitrogens with two attached hydrogens (primary N) is 1. The van der Waals surface area contributed by atoms with Crippen molar-refractivity contribution in [3.63, 3.8) is 0 Å². The summed E-state index contributed by atoms with van der Waals surface area (Å²) in [4.78, 5) is 0. The molecule has 2 heteroatoms. The third-order valence-electron chi connectivity index (χ3n) is 2.99. The smallest absolute Gasteiger partial charge is 0.119 e. The van der Waals surface area contributed by atoms with E-state index in [2.05, 4.69) is 12.1 Å². The summed E-state index contributed by atoms with van der Waals surface area (Å²) in [5, 5.41) is 0. The topological polar surface area (TPSA) is 35.2 Å². The molecule has 1 fully saturated rings. The lowest BCUT2D eigenvalue weighted by Crippen LogP contribution is -2.43. The minimum Gasteiger partial charge on any atom is -0.494 e. The van der Waals surface area contributed by atoms with Crippen LogP contribution in [0.5, 0.6) is 5.75 Å². The van der Waals surface area contributed by atoms with Gasteiger partial charge in [0.05, 0.1) is 6.61 Å². The Morgan fingerprint density at radius 1 is 1.29 bits per heavy atom. The van der Waals surface area contributed by atoms with E-state index in [9.17, 15) is 0 Å². The minimum atomic E-state index is -0.0508. The molecule has 2 nitrogen and oxygen atoms in total. The van der Waals surface area contributed by atoms with Gasteiger partial charge < -0.3 is 10.5 Å². The molecule has 0 bridgehead atoms. The van der Waals surface area contributed by atoms with E-state index in [1.165, 1.54) is 12.0 Å². The van der Waals surface area contributed by atoms with E-state index in [4.69, 9.17) is 10.5 Å². The molecule has 0 unspecified atom stereocenters. The number of benzene rings is 1. The van der Waals surface area contributed by atoms with Crippen LogP contribution < -0.4 is 10.5 Å². The van der Waals surface area contributed by atoms with Crippen LogP contribution in [-0.4, -0.2) is 6.61 Å². The summed E-state index contributed by atoms with van der Waals surface area (Å²) in [6.45, 7) is 2.71. The predicted molar refractivity (Wildman–Crippen MR) is 57.3 cm³/mol. The maximum atomic E-state index is 6.21. The van der Waals surface area contributed by atoms with E-state index >= 15 is 0 Å². The molecule has 76 valence electrons. The van der Waals surface area contributed by atoms with Crippen molar-refractivity contribution in [2.45, 2.75) is 31.7 Å². The highest BCUT2D eigenvalue weighted by atomic mass is 16.5. The second kappa shape index (κ2) is 3.62. The summed E-state index contributed by atoms with van der Waals surface area (Å²) in [7, 11) is 0. The number of hydrogen-bond acceptors (Lipinski definition) is 2. The van der Waals surface area contributed by atoms with E-state index in [0.29, 0.717) is 6.61 Å². The van der Waals surface area contributed by atoms with Gasteiger partial charge in [0.25, 0.3) is 0 Å². The van der Waals surface area contributed by atoms with Crippen molar-refractivity contribution in [1.82, 2.24) is 0 Å². The molecule has 0 amide bonds. The Morgan fingerprint density at radius 3 is 2.36 bits per heavy atom. The van der Waals surface area contributed by atoms with Crippen molar-refractivity contribution in [2.24, 2.45) is 5.73 Å². The van der Waals surface area contributed by atoms with Crippen molar-refractivity contribution in [3.05, 3.63) is 29.8 Å². The highest BCUT2D eigenvalue weighted by molar-refractivity contribution is 5.32. The molecule has 2 N–H and O–H groups in total. The third kappa shape index (κ3) is 1.62. The summed E-state index contributed by atoms with van der Waals surface area (Å²) in [6, 6.07) is 8.19. The Balaban J connectivity index is 2.13. The summed E-state index contributed by atoms with van der Waals surface area (Å²) in [6.07, 6.45) is 3.48. The molecule has 0 aliphatic heterocycles. The Hall–Kier alpha value is -1.02. The van der Waals surface area contributed by atoms with Gasteiger partial charge in [-0.3, -0.25) is 0 Å². The predicted octanol–water partition coefficient (Wildman–Crippen LogP) is 2.42. The fourth-order valence-electron chi connectivity index (χ4n) is 1.90. The van der Waals surface area contributed by atoms with Crippen molar-refractivity contribution in [1.29, 1.82) is 0 Å². The molecule has 0 atom stereocenters. The quantitative estimate of drug-likeness (QED) is 0.796. The first-order chi connectivity index (χ1) is 6.74. The van der Waals surface area contributed by atoms with Crippen molar-refractivity contribution in [3.8, 4) is 5.75 Å². The van der Waals surface area contributed by atoms with E-state index in [-0.39, 0.29) is 5.54 Å². The maximum Gasteiger partial charge on any atom is 0.119 e. The van der Waals surface area contributed by atoms with E-state index in [1.54, 1.807) is 0 Å². The lowest BCUT2D eigenvalue weighted by molar-refractivity contribution is 0.253. The van der Waals surface area contributed by atoms with Gasteiger partial charge in [-0.15, -0.1) is 0 Å². The van der Waals surface area contributed by atoms with Gasteiger partial charge in [-0.05, 0) is 43.9 Å². The van der Waals surface area contributed by atoms with E-state index in [0.717, 1.165) is 18.6 Å². The lowest BCUT2D eigenvalue weighted by Gasteiger charge is -2.38. The van der Waals surface area contributed by atoms with Crippen LogP contribution in [0.2, 0.25) is 0 Å². The summed E-state index contributed by atoms with van der Waals surface area (Å²) < 4.78 is 5.38. The standard InChI is InChI=1S/C12H17NO/c1-2-14-11-6-4-10(5-7-11)12(13)8-3-9-12/h4-7H,2-3,8-9,13H2,1H3. The molecule has 0 saturated heterocycles. The molecule has 0 aromatic heterocycles. The van der Waals surface area contributed by atoms with Crippen LogP contribution in [0.3, 0.4) is 0 Å². The molecule has 14 heavy (non-hydrogen) atoms. The summed E-state index contributed by atoms with van der Waals surface area (Å²) in [5.41, 5.74) is 7.40. The zero-order valence-corrected chi connectivity index (χ0v) is 8.62. The minimum absolute atomic E-state index is 0.0508. The Bertz CT molecular complexity index is 301. The number of rotatable bonds is 3. The van der Waals surface area contributed by atoms with Gasteiger partial charge in [-0.2, -0.15) is 0 Å². The Labute approximate surface area is 85.1 Å². The number of hydrogen-bond donors (Lipinski definition) is 1. The molecular weight excluding hydrogens is 174 g/mol. The molecule has 0 heterocycles. The van der Waals surface area contributed by atoms with Crippen LogP contribution in [0.1, 0.15) is 31.7 Å². The summed E-state index contributed by atoms with van der Waals surface area (Å²) >= 11 is 0.